The first-order valence-corrected chi connectivity index (χ1v) is 9.89. The van der Waals surface area contributed by atoms with Gasteiger partial charge in [-0.25, -0.2) is 4.39 Å². The summed E-state index contributed by atoms with van der Waals surface area (Å²) in [4.78, 5) is 0. The number of halogens is 1. The van der Waals surface area contributed by atoms with Gasteiger partial charge >= 0.3 is 0 Å². The van der Waals surface area contributed by atoms with Crippen LogP contribution in [0.5, 0.6) is 23.0 Å². The molecule has 30 heavy (non-hydrogen) atoms. The van der Waals surface area contributed by atoms with Gasteiger partial charge in [-0.2, -0.15) is 9.78 Å². The smallest absolute Gasteiger partial charge is 0.212 e. The highest BCUT2D eigenvalue weighted by Crippen LogP contribution is 2.44. The highest BCUT2D eigenvalue weighted by molar-refractivity contribution is 7.99. The Labute approximate surface area is 176 Å². The minimum absolute atomic E-state index is 0.184. The molecule has 0 N–H and O–H groups in total. The van der Waals surface area contributed by atoms with E-state index in [0.717, 1.165) is 0 Å². The van der Waals surface area contributed by atoms with Crippen LogP contribution in [0.15, 0.2) is 40.6 Å². The molecule has 1 aromatic heterocycles. The Morgan fingerprint density at radius 2 is 1.63 bits per heavy atom. The second-order valence-electron chi connectivity index (χ2n) is 6.18. The second-order valence-corrected chi connectivity index (χ2v) is 7.13. The quantitative estimate of drug-likeness (QED) is 0.592. The maximum absolute atomic E-state index is 14.2. The molecule has 0 aliphatic carbocycles. The van der Waals surface area contributed by atoms with Crippen LogP contribution in [-0.4, -0.2) is 54.8 Å². The zero-order valence-corrected chi connectivity index (χ0v) is 17.6. The van der Waals surface area contributed by atoms with Gasteiger partial charge in [0.2, 0.25) is 10.9 Å². The van der Waals surface area contributed by atoms with Gasteiger partial charge in [0.05, 0.1) is 39.7 Å². The summed E-state index contributed by atoms with van der Waals surface area (Å²) < 4.78 is 37.2. The van der Waals surface area contributed by atoms with Crippen molar-refractivity contribution in [2.24, 2.45) is 5.10 Å². The van der Waals surface area contributed by atoms with E-state index in [2.05, 4.69) is 15.3 Å². The number of hydrogen-bond donors (Lipinski definition) is 0. The lowest BCUT2D eigenvalue weighted by atomic mass is 10.1. The van der Waals surface area contributed by atoms with Gasteiger partial charge in [-0.3, -0.25) is 0 Å². The maximum atomic E-state index is 14.2. The fourth-order valence-corrected chi connectivity index (χ4v) is 4.00. The molecule has 10 heteroatoms. The third-order valence-corrected chi connectivity index (χ3v) is 5.53. The molecule has 0 unspecified atom stereocenters. The Bertz CT molecular complexity index is 1130. The van der Waals surface area contributed by atoms with E-state index < -0.39 is 5.82 Å². The first-order chi connectivity index (χ1) is 14.6. The lowest BCUT2D eigenvalue weighted by molar-refractivity contribution is 0.325. The van der Waals surface area contributed by atoms with Crippen molar-refractivity contribution >= 4 is 17.5 Å². The molecule has 0 atom stereocenters. The summed E-state index contributed by atoms with van der Waals surface area (Å²) in [7, 11) is 6.06. The summed E-state index contributed by atoms with van der Waals surface area (Å²) in [6.07, 6.45) is 0. The van der Waals surface area contributed by atoms with E-state index in [1.807, 2.05) is 0 Å². The fraction of sp³-hybridized carbons (Fsp3) is 0.250. The molecule has 8 nitrogen and oxygen atoms in total. The van der Waals surface area contributed by atoms with Crippen LogP contribution in [0.2, 0.25) is 0 Å². The minimum atomic E-state index is -0.445. The first kappa shape index (κ1) is 20.0. The van der Waals surface area contributed by atoms with Crippen LogP contribution < -0.4 is 18.9 Å². The molecule has 0 radical (unpaired) electrons. The number of rotatable bonds is 6. The summed E-state index contributed by atoms with van der Waals surface area (Å²) in [6, 6.07) is 8.33. The molecule has 0 saturated heterocycles. The molecule has 0 bridgehead atoms. The van der Waals surface area contributed by atoms with E-state index >= 15 is 0 Å². The molecule has 1 aliphatic rings. The molecule has 4 rings (SSSR count). The molecule has 156 valence electrons. The van der Waals surface area contributed by atoms with Crippen LogP contribution in [0.3, 0.4) is 0 Å². The third kappa shape index (κ3) is 3.32. The van der Waals surface area contributed by atoms with Gasteiger partial charge in [0.25, 0.3) is 0 Å². The standard InChI is InChI=1S/C20H19FN4O4S/c1-26-15-7-5-11(9-13(15)21)14-10-30-20-23-22-19(25(20)24-14)12-6-8-16(27-2)18(29-4)17(12)28-3/h5-9H,10H2,1-4H3. The van der Waals surface area contributed by atoms with Crippen molar-refractivity contribution in [3.63, 3.8) is 0 Å². The van der Waals surface area contributed by atoms with Crippen LogP contribution in [0, 0.1) is 5.82 Å². The van der Waals surface area contributed by atoms with Crippen molar-refractivity contribution < 1.29 is 23.3 Å². The fourth-order valence-electron chi connectivity index (χ4n) is 3.16. The zero-order valence-electron chi connectivity index (χ0n) is 16.8. The van der Waals surface area contributed by atoms with E-state index in [1.165, 1.54) is 39.2 Å². The number of benzene rings is 2. The van der Waals surface area contributed by atoms with Crippen molar-refractivity contribution in [1.29, 1.82) is 0 Å². The van der Waals surface area contributed by atoms with Crippen molar-refractivity contribution in [1.82, 2.24) is 14.9 Å². The molecule has 2 heterocycles. The minimum Gasteiger partial charge on any atom is -0.494 e. The van der Waals surface area contributed by atoms with Crippen molar-refractivity contribution in [2.75, 3.05) is 34.2 Å². The predicted molar refractivity (Wildman–Crippen MR) is 111 cm³/mol. The second kappa shape index (κ2) is 8.23. The summed E-state index contributed by atoms with van der Waals surface area (Å²) in [5, 5.41) is 13.8. The largest absolute Gasteiger partial charge is 0.494 e. The Kier molecular flexibility index (Phi) is 5.49. The van der Waals surface area contributed by atoms with E-state index in [1.54, 1.807) is 36.1 Å². The third-order valence-electron chi connectivity index (χ3n) is 4.60. The molecular formula is C20H19FN4O4S. The summed E-state index contributed by atoms with van der Waals surface area (Å²) >= 11 is 1.46. The predicted octanol–water partition coefficient (Wildman–Crippen LogP) is 3.48. The van der Waals surface area contributed by atoms with Crippen LogP contribution >= 0.6 is 11.8 Å². The topological polar surface area (TPSA) is 80.0 Å². The van der Waals surface area contributed by atoms with Crippen LogP contribution in [0.25, 0.3) is 11.4 Å². The maximum Gasteiger partial charge on any atom is 0.212 e. The van der Waals surface area contributed by atoms with Gasteiger partial charge < -0.3 is 18.9 Å². The van der Waals surface area contributed by atoms with E-state index in [9.17, 15) is 4.39 Å². The van der Waals surface area contributed by atoms with Crippen LogP contribution in [0.4, 0.5) is 4.39 Å². The van der Waals surface area contributed by atoms with Gasteiger partial charge in [0, 0.05) is 11.3 Å². The van der Waals surface area contributed by atoms with Crippen LogP contribution in [0.1, 0.15) is 5.56 Å². The van der Waals surface area contributed by atoms with E-state index in [-0.39, 0.29) is 5.75 Å². The summed E-state index contributed by atoms with van der Waals surface area (Å²) in [5.41, 5.74) is 1.99. The number of ether oxygens (including phenoxy) is 4. The molecule has 0 saturated carbocycles. The summed E-state index contributed by atoms with van der Waals surface area (Å²) in [6.45, 7) is 0. The van der Waals surface area contributed by atoms with Gasteiger partial charge in [-0.1, -0.05) is 11.8 Å². The molecule has 0 amide bonds. The molecule has 0 fully saturated rings. The SMILES string of the molecule is COc1ccc(C2=Nn3c(nnc3-c3ccc(OC)c(OC)c3OC)SC2)cc1F. The monoisotopic (exact) mass is 430 g/mol. The zero-order chi connectivity index (χ0) is 21.3. The Balaban J connectivity index is 1.82. The Morgan fingerprint density at radius 3 is 2.30 bits per heavy atom. The van der Waals surface area contributed by atoms with Crippen molar-refractivity contribution in [2.45, 2.75) is 5.16 Å². The lowest BCUT2D eigenvalue weighted by Gasteiger charge is -2.17. The number of aromatic nitrogens is 3. The number of fused-ring (bicyclic) bond motifs is 1. The normalized spacial score (nSPS) is 12.8. The number of nitrogens with zero attached hydrogens (tertiary/aromatic N) is 4. The average molecular weight is 430 g/mol. The average Bonchev–Trinajstić information content (AvgIpc) is 3.20. The van der Waals surface area contributed by atoms with Crippen molar-refractivity contribution in [3.8, 4) is 34.4 Å². The number of hydrogen-bond acceptors (Lipinski definition) is 8. The highest BCUT2D eigenvalue weighted by Gasteiger charge is 2.25. The number of thioether (sulfide) groups is 1. The summed E-state index contributed by atoms with van der Waals surface area (Å²) in [5.74, 6) is 2.18. The molecule has 0 spiro atoms. The number of methoxy groups -OCH3 is 4. The highest BCUT2D eigenvalue weighted by atomic mass is 32.2. The van der Waals surface area contributed by atoms with Gasteiger partial charge in [0.15, 0.2) is 28.9 Å². The van der Waals surface area contributed by atoms with Gasteiger partial charge in [-0.05, 0) is 30.3 Å². The van der Waals surface area contributed by atoms with E-state index in [4.69, 9.17) is 18.9 Å². The van der Waals surface area contributed by atoms with Crippen LogP contribution in [-0.2, 0) is 0 Å². The molecule has 2 aromatic carbocycles. The lowest BCUT2D eigenvalue weighted by Crippen LogP contribution is -2.14. The van der Waals surface area contributed by atoms with Gasteiger partial charge in [0.1, 0.15) is 0 Å². The Hall–Kier alpha value is -3.27. The Morgan fingerprint density at radius 1 is 0.900 bits per heavy atom. The van der Waals surface area contributed by atoms with E-state index in [0.29, 0.717) is 50.8 Å². The molecular weight excluding hydrogens is 411 g/mol. The molecule has 1 aliphatic heterocycles. The first-order valence-electron chi connectivity index (χ1n) is 8.90. The van der Waals surface area contributed by atoms with Gasteiger partial charge in [-0.15, -0.1) is 10.2 Å². The van der Waals surface area contributed by atoms with Crippen molar-refractivity contribution in [3.05, 3.63) is 41.7 Å². The molecule has 3 aromatic rings.